The monoisotopic (exact) mass is 414 g/mol. The van der Waals surface area contributed by atoms with Gasteiger partial charge in [-0.05, 0) is 29.7 Å². The van der Waals surface area contributed by atoms with Gasteiger partial charge in [0.05, 0.1) is 19.1 Å². The first-order valence-corrected chi connectivity index (χ1v) is 10.3. The molecule has 152 valence electrons. The van der Waals surface area contributed by atoms with E-state index in [0.717, 1.165) is 5.39 Å². The summed E-state index contributed by atoms with van der Waals surface area (Å²) in [5.74, 6) is 0.819. The summed E-state index contributed by atoms with van der Waals surface area (Å²) in [7, 11) is -0.734. The summed E-state index contributed by atoms with van der Waals surface area (Å²) in [6, 6.07) is 15.4. The number of fused-ring (bicyclic) bond motifs is 1. The van der Waals surface area contributed by atoms with E-state index in [9.17, 15) is 13.2 Å². The maximum Gasteiger partial charge on any atom is 0.240 e. The van der Waals surface area contributed by atoms with Crippen LogP contribution in [0.15, 0.2) is 59.5 Å². The van der Waals surface area contributed by atoms with Crippen molar-refractivity contribution in [1.29, 1.82) is 0 Å². The van der Waals surface area contributed by atoms with Gasteiger partial charge < -0.3 is 14.8 Å². The molecule has 0 spiro atoms. The Balaban J connectivity index is 1.88. The summed E-state index contributed by atoms with van der Waals surface area (Å²) in [6.07, 6.45) is 0. The van der Waals surface area contributed by atoms with Crippen molar-refractivity contribution in [2.24, 2.45) is 0 Å². The van der Waals surface area contributed by atoms with Gasteiger partial charge in [-0.1, -0.05) is 30.3 Å². The van der Waals surface area contributed by atoms with Crippen molar-refractivity contribution < 1.29 is 22.7 Å². The molecular weight excluding hydrogens is 392 g/mol. The second-order valence-corrected chi connectivity index (χ2v) is 8.11. The Morgan fingerprint density at radius 1 is 1.00 bits per heavy atom. The summed E-state index contributed by atoms with van der Waals surface area (Å²) in [5.41, 5.74) is 1.29. The van der Waals surface area contributed by atoms with Crippen LogP contribution in [0.25, 0.3) is 10.8 Å². The molecule has 0 unspecified atom stereocenters. The number of carbonyl (C=O) groups is 1. The second kappa shape index (κ2) is 8.50. The van der Waals surface area contributed by atoms with Gasteiger partial charge in [0.1, 0.15) is 0 Å². The molecule has 0 bridgehead atoms. The molecule has 3 rings (SSSR count). The molecular formula is C21H22N2O5S. The lowest BCUT2D eigenvalue weighted by atomic mass is 10.1. The lowest BCUT2D eigenvalue weighted by Crippen LogP contribution is -2.23. The molecule has 0 fully saturated rings. The fraction of sp³-hybridized carbons (Fsp3) is 0.190. The van der Waals surface area contributed by atoms with Crippen LogP contribution < -0.4 is 19.5 Å². The van der Waals surface area contributed by atoms with Gasteiger partial charge in [-0.3, -0.25) is 4.79 Å². The molecule has 0 aliphatic rings. The van der Waals surface area contributed by atoms with Crippen molar-refractivity contribution in [2.75, 3.05) is 19.5 Å². The van der Waals surface area contributed by atoms with Crippen LogP contribution in [-0.4, -0.2) is 28.5 Å². The first-order valence-electron chi connectivity index (χ1n) is 8.85. The number of nitrogens with one attached hydrogen (secondary N) is 2. The predicted molar refractivity (Wildman–Crippen MR) is 112 cm³/mol. The first-order chi connectivity index (χ1) is 13.9. The fourth-order valence-corrected chi connectivity index (χ4v) is 4.12. The van der Waals surface area contributed by atoms with Gasteiger partial charge in [-0.15, -0.1) is 0 Å². The standard InChI is InChI=1S/C21H22N2O5S/c1-14(24)23-19-8-4-6-15-12-17(10-11-18(15)19)29(25,26)22-13-16-7-5-9-20(27-2)21(16)28-3/h4-12,22H,13H2,1-3H3,(H,23,24). The Hall–Kier alpha value is -3.10. The number of rotatable bonds is 7. The Kier molecular flexibility index (Phi) is 6.05. The maximum atomic E-state index is 12.8. The fourth-order valence-electron chi connectivity index (χ4n) is 3.08. The van der Waals surface area contributed by atoms with E-state index in [1.165, 1.54) is 27.2 Å². The smallest absolute Gasteiger partial charge is 0.240 e. The van der Waals surface area contributed by atoms with Gasteiger partial charge in [0.2, 0.25) is 15.9 Å². The summed E-state index contributed by atoms with van der Waals surface area (Å²) < 4.78 is 38.8. The first kappa shape index (κ1) is 20.6. The molecule has 3 aromatic rings. The maximum absolute atomic E-state index is 12.8. The van der Waals surface area contributed by atoms with Gasteiger partial charge in [-0.2, -0.15) is 0 Å². The molecule has 0 aliphatic carbocycles. The molecule has 0 radical (unpaired) electrons. The van der Waals surface area contributed by atoms with E-state index >= 15 is 0 Å². The van der Waals surface area contributed by atoms with Crippen molar-refractivity contribution in [2.45, 2.75) is 18.4 Å². The van der Waals surface area contributed by atoms with E-state index in [-0.39, 0.29) is 17.3 Å². The second-order valence-electron chi connectivity index (χ2n) is 6.35. The minimum Gasteiger partial charge on any atom is -0.493 e. The minimum atomic E-state index is -3.76. The van der Waals surface area contributed by atoms with E-state index in [1.54, 1.807) is 48.5 Å². The molecule has 0 aromatic heterocycles. The zero-order chi connectivity index (χ0) is 21.0. The molecule has 0 saturated carbocycles. The van der Waals surface area contributed by atoms with Gasteiger partial charge in [0.15, 0.2) is 11.5 Å². The number of amides is 1. The molecule has 0 saturated heterocycles. The van der Waals surface area contributed by atoms with Crippen LogP contribution in [0.5, 0.6) is 11.5 Å². The molecule has 2 N–H and O–H groups in total. The average Bonchev–Trinajstić information content (AvgIpc) is 2.71. The Morgan fingerprint density at radius 3 is 2.45 bits per heavy atom. The van der Waals surface area contributed by atoms with Gasteiger partial charge in [0.25, 0.3) is 0 Å². The molecule has 29 heavy (non-hydrogen) atoms. The Labute approximate surface area is 169 Å². The zero-order valence-corrected chi connectivity index (χ0v) is 17.2. The number of benzene rings is 3. The van der Waals surface area contributed by atoms with Crippen LogP contribution >= 0.6 is 0 Å². The molecule has 0 atom stereocenters. The van der Waals surface area contributed by atoms with Crippen molar-refractivity contribution in [3.63, 3.8) is 0 Å². The quantitative estimate of drug-likeness (QED) is 0.619. The number of sulfonamides is 1. The van der Waals surface area contributed by atoms with Crippen molar-refractivity contribution in [3.05, 3.63) is 60.2 Å². The number of anilines is 1. The molecule has 8 heteroatoms. The number of para-hydroxylation sites is 1. The van der Waals surface area contributed by atoms with Crippen molar-refractivity contribution >= 4 is 32.4 Å². The molecule has 0 heterocycles. The zero-order valence-electron chi connectivity index (χ0n) is 16.4. The van der Waals surface area contributed by atoms with Crippen LogP contribution in [0.3, 0.4) is 0 Å². The number of carbonyl (C=O) groups excluding carboxylic acids is 1. The van der Waals surface area contributed by atoms with Crippen LogP contribution in [0.4, 0.5) is 5.69 Å². The third kappa shape index (κ3) is 4.49. The highest BCUT2D eigenvalue weighted by atomic mass is 32.2. The van der Waals surface area contributed by atoms with E-state index in [4.69, 9.17) is 9.47 Å². The van der Waals surface area contributed by atoms with Gasteiger partial charge >= 0.3 is 0 Å². The topological polar surface area (TPSA) is 93.7 Å². The predicted octanol–water partition coefficient (Wildman–Crippen LogP) is 3.29. The number of hydrogen-bond donors (Lipinski definition) is 2. The molecule has 3 aromatic carbocycles. The molecule has 1 amide bonds. The average molecular weight is 414 g/mol. The van der Waals surface area contributed by atoms with Crippen molar-refractivity contribution in [1.82, 2.24) is 4.72 Å². The highest BCUT2D eigenvalue weighted by Crippen LogP contribution is 2.31. The summed E-state index contributed by atoms with van der Waals surface area (Å²) in [5, 5.41) is 4.21. The highest BCUT2D eigenvalue weighted by molar-refractivity contribution is 7.89. The number of methoxy groups -OCH3 is 2. The lowest BCUT2D eigenvalue weighted by Gasteiger charge is -2.14. The largest absolute Gasteiger partial charge is 0.493 e. The van der Waals surface area contributed by atoms with E-state index in [0.29, 0.717) is 28.1 Å². The summed E-state index contributed by atoms with van der Waals surface area (Å²) in [4.78, 5) is 11.5. The van der Waals surface area contributed by atoms with Crippen molar-refractivity contribution in [3.8, 4) is 11.5 Å². The number of hydrogen-bond acceptors (Lipinski definition) is 5. The Bertz CT molecular complexity index is 1160. The van der Waals surface area contributed by atoms with Gasteiger partial charge in [-0.25, -0.2) is 13.1 Å². The van der Waals surface area contributed by atoms with E-state index in [1.807, 2.05) is 0 Å². The summed E-state index contributed by atoms with van der Waals surface area (Å²) >= 11 is 0. The third-order valence-corrected chi connectivity index (χ3v) is 5.81. The SMILES string of the molecule is COc1cccc(CNS(=O)(=O)c2ccc3c(NC(C)=O)cccc3c2)c1OC. The Morgan fingerprint density at radius 2 is 1.76 bits per heavy atom. The molecule has 0 aliphatic heterocycles. The van der Waals surface area contributed by atoms with Gasteiger partial charge in [0, 0.05) is 30.1 Å². The molecule has 7 nitrogen and oxygen atoms in total. The highest BCUT2D eigenvalue weighted by Gasteiger charge is 2.17. The normalized spacial score (nSPS) is 11.3. The van der Waals surface area contributed by atoms with Crippen LogP contribution in [0, 0.1) is 0 Å². The third-order valence-electron chi connectivity index (χ3n) is 4.41. The minimum absolute atomic E-state index is 0.0483. The van der Waals surface area contributed by atoms with Crippen LogP contribution in [0.1, 0.15) is 12.5 Å². The van der Waals surface area contributed by atoms with Crippen LogP contribution in [0.2, 0.25) is 0 Å². The van der Waals surface area contributed by atoms with Crippen LogP contribution in [-0.2, 0) is 21.4 Å². The van der Waals surface area contributed by atoms with E-state index in [2.05, 4.69) is 10.0 Å². The van der Waals surface area contributed by atoms with E-state index < -0.39 is 10.0 Å². The summed E-state index contributed by atoms with van der Waals surface area (Å²) in [6.45, 7) is 1.47. The lowest BCUT2D eigenvalue weighted by molar-refractivity contribution is -0.114. The number of ether oxygens (including phenoxy) is 2.